The van der Waals surface area contributed by atoms with E-state index < -0.39 is 0 Å². The number of rotatable bonds is 5. The quantitative estimate of drug-likeness (QED) is 0.843. The van der Waals surface area contributed by atoms with Crippen LogP contribution in [0, 0.1) is 12.7 Å². The summed E-state index contributed by atoms with van der Waals surface area (Å²) in [5.74, 6) is -0.365. The summed E-state index contributed by atoms with van der Waals surface area (Å²) < 4.78 is 13.6. The van der Waals surface area contributed by atoms with Gasteiger partial charge < -0.3 is 5.32 Å². The fraction of sp³-hybridized carbons (Fsp3) is 0.294. The van der Waals surface area contributed by atoms with Crippen molar-refractivity contribution >= 4 is 11.6 Å². The second-order valence-corrected chi connectivity index (χ2v) is 5.32. The molecular weight excluding hydrogens is 273 g/mol. The molecule has 0 aliphatic carbocycles. The van der Waals surface area contributed by atoms with Gasteiger partial charge in [-0.25, -0.2) is 4.39 Å². The molecule has 0 spiro atoms. The number of hydrogen-bond acceptors (Lipinski definition) is 1. The van der Waals surface area contributed by atoms with Crippen molar-refractivity contribution in [3.05, 3.63) is 70.0 Å². The molecular formula is C17H19ClFN. The Hall–Kier alpha value is -1.38. The maximum absolute atomic E-state index is 13.6. The zero-order valence-corrected chi connectivity index (χ0v) is 12.5. The summed E-state index contributed by atoms with van der Waals surface area (Å²) in [5, 5.41) is 3.59. The molecule has 2 aromatic carbocycles. The average Bonchev–Trinajstić information content (AvgIpc) is 2.44. The molecule has 0 heterocycles. The van der Waals surface area contributed by atoms with Crippen LogP contribution in [0.15, 0.2) is 42.5 Å². The highest BCUT2D eigenvalue weighted by atomic mass is 35.5. The summed E-state index contributed by atoms with van der Waals surface area (Å²) in [6.45, 7) is 4.91. The smallest absolute Gasteiger partial charge is 0.142 e. The Morgan fingerprint density at radius 1 is 1.15 bits per heavy atom. The van der Waals surface area contributed by atoms with Crippen LogP contribution >= 0.6 is 11.6 Å². The van der Waals surface area contributed by atoms with E-state index in [1.54, 1.807) is 6.07 Å². The zero-order valence-electron chi connectivity index (χ0n) is 11.8. The largest absolute Gasteiger partial charge is 0.310 e. The van der Waals surface area contributed by atoms with E-state index in [1.165, 1.54) is 17.2 Å². The van der Waals surface area contributed by atoms with Crippen LogP contribution in [0.5, 0.6) is 0 Å². The highest BCUT2D eigenvalue weighted by molar-refractivity contribution is 6.31. The van der Waals surface area contributed by atoms with E-state index in [4.69, 9.17) is 11.6 Å². The van der Waals surface area contributed by atoms with Crippen molar-refractivity contribution in [1.29, 1.82) is 0 Å². The molecule has 0 saturated heterocycles. The molecule has 1 N–H and O–H groups in total. The average molecular weight is 292 g/mol. The van der Waals surface area contributed by atoms with Gasteiger partial charge in [0, 0.05) is 6.04 Å². The van der Waals surface area contributed by atoms with Crippen LogP contribution in [-0.4, -0.2) is 6.54 Å². The molecule has 0 aliphatic heterocycles. The lowest BCUT2D eigenvalue weighted by Crippen LogP contribution is -2.23. The molecule has 0 radical (unpaired) electrons. The van der Waals surface area contributed by atoms with Gasteiger partial charge in [-0.2, -0.15) is 0 Å². The van der Waals surface area contributed by atoms with E-state index in [1.807, 2.05) is 13.0 Å². The lowest BCUT2D eigenvalue weighted by molar-refractivity contribution is 0.543. The van der Waals surface area contributed by atoms with Gasteiger partial charge in [0.05, 0.1) is 5.02 Å². The number of likely N-dealkylation sites (N-methyl/N-ethyl adjacent to an activating group) is 1. The first-order valence-electron chi connectivity index (χ1n) is 6.84. The summed E-state index contributed by atoms with van der Waals surface area (Å²) in [5.41, 5.74) is 3.26. The lowest BCUT2D eigenvalue weighted by atomic mass is 9.98. The SMILES string of the molecule is CCNC(Cc1ccc(C)cc1)c1cccc(F)c1Cl. The number of halogens is 2. The highest BCUT2D eigenvalue weighted by Gasteiger charge is 2.16. The summed E-state index contributed by atoms with van der Waals surface area (Å²) in [4.78, 5) is 0. The molecule has 2 aromatic rings. The van der Waals surface area contributed by atoms with Crippen LogP contribution in [0.4, 0.5) is 4.39 Å². The van der Waals surface area contributed by atoms with Crippen molar-refractivity contribution in [2.75, 3.05) is 6.54 Å². The third kappa shape index (κ3) is 3.59. The van der Waals surface area contributed by atoms with Gasteiger partial charge in [-0.15, -0.1) is 0 Å². The second kappa shape index (κ2) is 6.87. The normalized spacial score (nSPS) is 12.4. The van der Waals surface area contributed by atoms with Crippen molar-refractivity contribution in [1.82, 2.24) is 5.32 Å². The predicted molar refractivity (Wildman–Crippen MR) is 82.7 cm³/mol. The van der Waals surface area contributed by atoms with E-state index in [2.05, 4.69) is 36.5 Å². The Kier molecular flexibility index (Phi) is 5.16. The number of benzene rings is 2. The first kappa shape index (κ1) is 15.0. The van der Waals surface area contributed by atoms with E-state index in [0.717, 1.165) is 18.5 Å². The van der Waals surface area contributed by atoms with Gasteiger partial charge in [0.2, 0.25) is 0 Å². The van der Waals surface area contributed by atoms with Gasteiger partial charge in [-0.05, 0) is 37.1 Å². The summed E-state index contributed by atoms with van der Waals surface area (Å²) in [7, 11) is 0. The Morgan fingerprint density at radius 2 is 1.85 bits per heavy atom. The minimum Gasteiger partial charge on any atom is -0.310 e. The Labute approximate surface area is 124 Å². The molecule has 1 nitrogen and oxygen atoms in total. The third-order valence-corrected chi connectivity index (χ3v) is 3.77. The van der Waals surface area contributed by atoms with Crippen LogP contribution in [0.3, 0.4) is 0 Å². The summed E-state index contributed by atoms with van der Waals surface area (Å²) in [6.07, 6.45) is 0.789. The van der Waals surface area contributed by atoms with E-state index in [9.17, 15) is 4.39 Å². The molecule has 0 aliphatic rings. The van der Waals surface area contributed by atoms with Gasteiger partial charge in [0.1, 0.15) is 5.82 Å². The molecule has 0 aromatic heterocycles. The minimum atomic E-state index is -0.365. The molecule has 0 amide bonds. The highest BCUT2D eigenvalue weighted by Crippen LogP contribution is 2.28. The summed E-state index contributed by atoms with van der Waals surface area (Å²) in [6, 6.07) is 13.4. The zero-order chi connectivity index (χ0) is 14.5. The van der Waals surface area contributed by atoms with Crippen molar-refractivity contribution < 1.29 is 4.39 Å². The van der Waals surface area contributed by atoms with Gasteiger partial charge >= 0.3 is 0 Å². The molecule has 3 heteroatoms. The van der Waals surface area contributed by atoms with E-state index in [-0.39, 0.29) is 16.9 Å². The monoisotopic (exact) mass is 291 g/mol. The van der Waals surface area contributed by atoms with Crippen LogP contribution in [0.1, 0.15) is 29.7 Å². The van der Waals surface area contributed by atoms with Crippen molar-refractivity contribution in [3.63, 3.8) is 0 Å². The predicted octanol–water partition coefficient (Wildman–Crippen LogP) is 4.68. The number of nitrogens with one attached hydrogen (secondary N) is 1. The fourth-order valence-corrected chi connectivity index (χ4v) is 2.55. The molecule has 1 atom stereocenters. The maximum atomic E-state index is 13.6. The lowest BCUT2D eigenvalue weighted by Gasteiger charge is -2.20. The molecule has 106 valence electrons. The standard InChI is InChI=1S/C17H19ClFN/c1-3-20-16(11-13-9-7-12(2)8-10-13)14-5-4-6-15(19)17(14)18/h4-10,16,20H,3,11H2,1-2H3. The van der Waals surface area contributed by atoms with Crippen molar-refractivity contribution in [2.24, 2.45) is 0 Å². The minimum absolute atomic E-state index is 0.0194. The fourth-order valence-electron chi connectivity index (χ4n) is 2.29. The van der Waals surface area contributed by atoms with E-state index >= 15 is 0 Å². The second-order valence-electron chi connectivity index (χ2n) is 4.94. The first-order chi connectivity index (χ1) is 9.61. The van der Waals surface area contributed by atoms with Gasteiger partial charge in [-0.3, -0.25) is 0 Å². The molecule has 1 unspecified atom stereocenters. The molecule has 0 fully saturated rings. The Morgan fingerprint density at radius 3 is 2.50 bits per heavy atom. The van der Waals surface area contributed by atoms with Crippen LogP contribution in [0.25, 0.3) is 0 Å². The van der Waals surface area contributed by atoms with Crippen LogP contribution < -0.4 is 5.32 Å². The van der Waals surface area contributed by atoms with E-state index in [0.29, 0.717) is 0 Å². The summed E-state index contributed by atoms with van der Waals surface area (Å²) >= 11 is 6.10. The van der Waals surface area contributed by atoms with Crippen molar-refractivity contribution in [2.45, 2.75) is 26.3 Å². The Balaban J connectivity index is 2.26. The first-order valence-corrected chi connectivity index (χ1v) is 7.22. The Bertz CT molecular complexity index is 566. The van der Waals surface area contributed by atoms with Crippen LogP contribution in [0.2, 0.25) is 5.02 Å². The maximum Gasteiger partial charge on any atom is 0.142 e. The third-order valence-electron chi connectivity index (χ3n) is 3.37. The van der Waals surface area contributed by atoms with Gasteiger partial charge in [-0.1, -0.05) is 60.5 Å². The number of hydrogen-bond donors (Lipinski definition) is 1. The van der Waals surface area contributed by atoms with Gasteiger partial charge in [0.25, 0.3) is 0 Å². The molecule has 20 heavy (non-hydrogen) atoms. The van der Waals surface area contributed by atoms with Crippen LogP contribution in [-0.2, 0) is 6.42 Å². The van der Waals surface area contributed by atoms with Gasteiger partial charge in [0.15, 0.2) is 0 Å². The molecule has 2 rings (SSSR count). The number of aryl methyl sites for hydroxylation is 1. The topological polar surface area (TPSA) is 12.0 Å². The molecule has 0 bridgehead atoms. The molecule has 0 saturated carbocycles. The van der Waals surface area contributed by atoms with Crippen molar-refractivity contribution in [3.8, 4) is 0 Å².